The number of hydrogen-bond acceptors (Lipinski definition) is 1. The Hall–Kier alpha value is 1.48. The van der Waals surface area contributed by atoms with Crippen molar-refractivity contribution in [3.8, 4) is 0 Å². The minimum atomic E-state index is 1.22. The van der Waals surface area contributed by atoms with Gasteiger partial charge in [-0.15, -0.1) is 0 Å². The van der Waals surface area contributed by atoms with Crippen molar-refractivity contribution in [2.45, 2.75) is 19.7 Å². The quantitative estimate of drug-likeness (QED) is 0.329. The molecule has 0 atom stereocenters. The lowest BCUT2D eigenvalue weighted by molar-refractivity contribution is 0.985. The highest BCUT2D eigenvalue weighted by molar-refractivity contribution is 14.2. The molecule has 0 amide bonds. The zero-order chi connectivity index (χ0) is 6.41. The molecule has 48 valence electrons. The van der Waals surface area contributed by atoms with E-state index in [0.29, 0.717) is 0 Å². The van der Waals surface area contributed by atoms with Gasteiger partial charge in [0.25, 0.3) is 0 Å². The molecule has 0 aliphatic rings. The van der Waals surface area contributed by atoms with Crippen LogP contribution < -0.4 is 0 Å². The van der Waals surface area contributed by atoms with Crippen LogP contribution in [0.15, 0.2) is 0 Å². The van der Waals surface area contributed by atoms with Gasteiger partial charge in [-0.25, -0.2) is 0 Å². The first-order valence-electron chi connectivity index (χ1n) is 2.86. The van der Waals surface area contributed by atoms with Gasteiger partial charge in [0.05, 0.1) is 0 Å². The highest BCUT2D eigenvalue weighted by atomic mass is 127. The van der Waals surface area contributed by atoms with E-state index in [-0.39, 0.29) is 0 Å². The third-order valence-electron chi connectivity index (χ3n) is 0.931. The largest absolute Gasteiger partial charge is 0.196 e. The summed E-state index contributed by atoms with van der Waals surface area (Å²) < 4.78 is 2.17. The van der Waals surface area contributed by atoms with Crippen molar-refractivity contribution in [1.29, 1.82) is 0 Å². The van der Waals surface area contributed by atoms with E-state index in [9.17, 15) is 0 Å². The van der Waals surface area contributed by atoms with Gasteiger partial charge in [0.2, 0.25) is 0 Å². The van der Waals surface area contributed by atoms with E-state index in [1.807, 2.05) is 0 Å². The first-order valence-corrected chi connectivity index (χ1v) is 4.79. The molecule has 0 radical (unpaired) electrons. The van der Waals surface area contributed by atoms with Crippen LogP contribution in [0.2, 0.25) is 6.32 Å². The lowest BCUT2D eigenvalue weighted by Gasteiger charge is -2.00. The maximum Gasteiger partial charge on any atom is 0.140 e. The normalized spacial score (nSPS) is 10.0. The molecule has 0 fully saturated rings. The molecule has 0 N–H and O–H groups in total. The maximum atomic E-state index is 2.30. The molecule has 0 unspecified atom stereocenters. The van der Waals surface area contributed by atoms with Crippen LogP contribution in [0.1, 0.15) is 13.3 Å². The summed E-state index contributed by atoms with van der Waals surface area (Å²) in [5.74, 6) is 0. The number of hydrogen-bond donors (Lipinski definition) is 0. The van der Waals surface area contributed by atoms with Gasteiger partial charge < -0.3 is 0 Å². The Labute approximate surface area is 79.8 Å². The lowest BCUT2D eigenvalue weighted by atomic mass is 9.74. The van der Waals surface area contributed by atoms with Crippen molar-refractivity contribution >= 4 is 53.0 Å². The lowest BCUT2D eigenvalue weighted by Crippen LogP contribution is -2.06. The highest BCUT2D eigenvalue weighted by Crippen LogP contribution is 2.05. The Kier molecular flexibility index (Phi) is 7.83. The molecule has 0 rings (SSSR count). The molecule has 0 aromatic rings. The fourth-order valence-electron chi connectivity index (χ4n) is 0.481. The third kappa shape index (κ3) is 7.48. The second kappa shape index (κ2) is 6.60. The zero-order valence-corrected chi connectivity index (χ0v) is 9.35. The van der Waals surface area contributed by atoms with Crippen molar-refractivity contribution in [2.75, 3.05) is 6.44 Å². The van der Waals surface area contributed by atoms with Gasteiger partial charge >= 0.3 is 0 Å². The number of nitrogens with zero attached hydrogens (tertiary/aromatic N) is 1. The summed E-state index contributed by atoms with van der Waals surface area (Å²) in [6.07, 6.45) is 3.90. The van der Waals surface area contributed by atoms with Crippen molar-refractivity contribution in [2.24, 2.45) is 0 Å². The first kappa shape index (κ1) is 9.48. The predicted molar refractivity (Wildman–Crippen MR) is 57.0 cm³/mol. The molecule has 0 heterocycles. The summed E-state index contributed by atoms with van der Waals surface area (Å²) >= 11 is 4.60. The second-order valence-corrected chi connectivity index (χ2v) is 5.91. The van der Waals surface area contributed by atoms with Crippen LogP contribution in [0.4, 0.5) is 0 Å². The Morgan fingerprint density at radius 3 is 2.50 bits per heavy atom. The van der Waals surface area contributed by atoms with Crippen LogP contribution in [0.5, 0.6) is 0 Å². The van der Waals surface area contributed by atoms with Crippen molar-refractivity contribution in [3.63, 3.8) is 0 Å². The Morgan fingerprint density at radius 2 is 2.12 bits per heavy atom. The van der Waals surface area contributed by atoms with Gasteiger partial charge in [-0.3, -0.25) is 0 Å². The second-order valence-electron chi connectivity index (χ2n) is 1.73. The summed E-state index contributed by atoms with van der Waals surface area (Å²) in [6, 6.07) is 0. The standard InChI is InChI=1S/C4H10BI2N/c1-2-3-5-4-8(6)7/h5H,2-4H2,1H3. The van der Waals surface area contributed by atoms with Gasteiger partial charge in [0.15, 0.2) is 0 Å². The Bertz CT molecular complexity index is 51.3. The molecule has 0 saturated carbocycles. The molecule has 0 saturated heterocycles. The molecule has 0 aromatic heterocycles. The maximum absolute atomic E-state index is 2.30. The fraction of sp³-hybridized carbons (Fsp3) is 1.00. The molecule has 0 bridgehead atoms. The van der Waals surface area contributed by atoms with Gasteiger partial charge in [0, 0.05) is 45.7 Å². The van der Waals surface area contributed by atoms with Crippen LogP contribution in [0.3, 0.4) is 0 Å². The van der Waals surface area contributed by atoms with Crippen molar-refractivity contribution < 1.29 is 0 Å². The fourth-order valence-corrected chi connectivity index (χ4v) is 1.16. The minimum Gasteiger partial charge on any atom is -0.196 e. The SMILES string of the molecule is CCCBCN(I)I. The molecule has 4 heteroatoms. The van der Waals surface area contributed by atoms with Crippen molar-refractivity contribution in [1.82, 2.24) is 1.33 Å². The van der Waals surface area contributed by atoms with E-state index in [1.165, 1.54) is 26.5 Å². The molecule has 0 aliphatic carbocycles. The zero-order valence-electron chi connectivity index (χ0n) is 5.03. The summed E-state index contributed by atoms with van der Waals surface area (Å²) in [6.45, 7) is 2.23. The summed E-state index contributed by atoms with van der Waals surface area (Å²) in [4.78, 5) is 0. The summed E-state index contributed by atoms with van der Waals surface area (Å²) in [7, 11) is 1.34. The van der Waals surface area contributed by atoms with Gasteiger partial charge in [-0.05, 0) is 6.44 Å². The van der Waals surface area contributed by atoms with Crippen molar-refractivity contribution in [3.05, 3.63) is 0 Å². The van der Waals surface area contributed by atoms with E-state index in [0.717, 1.165) is 0 Å². The van der Waals surface area contributed by atoms with E-state index >= 15 is 0 Å². The highest BCUT2D eigenvalue weighted by Gasteiger charge is 1.92. The molecule has 0 aliphatic heterocycles. The molecular formula is C4H10BI2N. The van der Waals surface area contributed by atoms with E-state index < -0.39 is 0 Å². The molecule has 8 heavy (non-hydrogen) atoms. The van der Waals surface area contributed by atoms with Crippen LogP contribution in [-0.4, -0.2) is 15.1 Å². The topological polar surface area (TPSA) is 3.24 Å². The van der Waals surface area contributed by atoms with E-state index in [2.05, 4.69) is 54.0 Å². The Balaban J connectivity index is 2.72. The van der Waals surface area contributed by atoms with Gasteiger partial charge in [-0.1, -0.05) is 19.7 Å². The van der Waals surface area contributed by atoms with Crippen LogP contribution >= 0.6 is 45.7 Å². The summed E-state index contributed by atoms with van der Waals surface area (Å²) in [5, 5.41) is 0. The predicted octanol–water partition coefficient (Wildman–Crippen LogP) is 2.21. The molecule has 1 nitrogen and oxygen atoms in total. The van der Waals surface area contributed by atoms with E-state index in [4.69, 9.17) is 0 Å². The molecule has 0 aromatic carbocycles. The van der Waals surface area contributed by atoms with Crippen LogP contribution in [0.25, 0.3) is 0 Å². The van der Waals surface area contributed by atoms with Crippen LogP contribution in [0, 0.1) is 0 Å². The van der Waals surface area contributed by atoms with Gasteiger partial charge in [-0.2, -0.15) is 1.33 Å². The first-order chi connectivity index (χ1) is 3.77. The third-order valence-corrected chi connectivity index (χ3v) is 1.90. The Morgan fingerprint density at radius 1 is 1.50 bits per heavy atom. The average Bonchev–Trinajstić information content (AvgIpc) is 1.66. The minimum absolute atomic E-state index is 1.22. The monoisotopic (exact) mass is 337 g/mol. The van der Waals surface area contributed by atoms with E-state index in [1.54, 1.807) is 0 Å². The average molecular weight is 337 g/mol. The molecular weight excluding hydrogens is 327 g/mol. The number of rotatable bonds is 4. The smallest absolute Gasteiger partial charge is 0.140 e. The number of halogens is 2. The molecule has 0 spiro atoms. The van der Waals surface area contributed by atoms with Crippen LogP contribution in [-0.2, 0) is 0 Å². The van der Waals surface area contributed by atoms with Gasteiger partial charge in [0.1, 0.15) is 7.28 Å². The summed E-state index contributed by atoms with van der Waals surface area (Å²) in [5.41, 5.74) is 0.